The Morgan fingerprint density at radius 3 is 1.90 bits per heavy atom. The molecular formula is C23H19NO6. The second kappa shape index (κ2) is 6.73. The lowest BCUT2D eigenvalue weighted by atomic mass is 9.63. The highest BCUT2D eigenvalue weighted by Crippen LogP contribution is 2.50. The van der Waals surface area contributed by atoms with Gasteiger partial charge in [-0.15, -0.1) is 0 Å². The molecule has 1 aliphatic heterocycles. The van der Waals surface area contributed by atoms with E-state index in [-0.39, 0.29) is 58.3 Å². The maximum atomic E-state index is 13.0. The Labute approximate surface area is 172 Å². The number of carbonyl (C=O) groups is 3. The third-order valence-corrected chi connectivity index (χ3v) is 6.20. The van der Waals surface area contributed by atoms with Gasteiger partial charge >= 0.3 is 5.97 Å². The summed E-state index contributed by atoms with van der Waals surface area (Å²) in [5, 5.41) is 19.0. The number of fused-ring (bicyclic) bond motifs is 1. The van der Waals surface area contributed by atoms with Crippen LogP contribution in [0.4, 0.5) is 5.69 Å². The number of phenolic OH excluding ortho intramolecular Hbond substituents is 2. The number of amides is 2. The topological polar surface area (TPSA) is 104 Å². The van der Waals surface area contributed by atoms with E-state index >= 15 is 0 Å². The Kier molecular flexibility index (Phi) is 4.13. The molecule has 7 heteroatoms. The van der Waals surface area contributed by atoms with Crippen LogP contribution in [0.2, 0.25) is 0 Å². The molecule has 0 aromatic heterocycles. The van der Waals surface area contributed by atoms with Gasteiger partial charge in [-0.25, -0.2) is 4.79 Å². The standard InChI is InChI=1S/C23H19NO6/c25-16-9-14(10-17(26)11-16)23(29)30-18-7-5-15(6-8-18)24-21(27)19-12-1-2-13(4-3-12)20(19)22(24)28/h1-2,5-13,19-20,25-26H,3-4H2. The number of hydrogen-bond acceptors (Lipinski definition) is 6. The number of anilines is 1. The van der Waals surface area contributed by atoms with Crippen LogP contribution < -0.4 is 9.64 Å². The van der Waals surface area contributed by atoms with E-state index in [1.165, 1.54) is 29.2 Å². The molecule has 4 aliphatic rings. The molecule has 4 unspecified atom stereocenters. The fourth-order valence-electron chi connectivity index (χ4n) is 4.87. The predicted octanol–water partition coefficient (Wildman–Crippen LogP) is 3.02. The number of phenols is 2. The first-order valence-corrected chi connectivity index (χ1v) is 9.84. The van der Waals surface area contributed by atoms with Crippen molar-refractivity contribution in [2.45, 2.75) is 12.8 Å². The molecule has 6 rings (SSSR count). The smallest absolute Gasteiger partial charge is 0.343 e. The monoisotopic (exact) mass is 405 g/mol. The van der Waals surface area contributed by atoms with Gasteiger partial charge in [-0.1, -0.05) is 12.2 Å². The number of allylic oxidation sites excluding steroid dienone is 2. The van der Waals surface area contributed by atoms with Gasteiger partial charge in [-0.2, -0.15) is 0 Å². The van der Waals surface area contributed by atoms with Gasteiger partial charge in [0.25, 0.3) is 0 Å². The number of aromatic hydroxyl groups is 2. The molecule has 0 spiro atoms. The highest BCUT2D eigenvalue weighted by Gasteiger charge is 2.56. The van der Waals surface area contributed by atoms with Crippen molar-refractivity contribution in [1.82, 2.24) is 0 Å². The summed E-state index contributed by atoms with van der Waals surface area (Å²) >= 11 is 0. The molecule has 1 saturated heterocycles. The summed E-state index contributed by atoms with van der Waals surface area (Å²) < 4.78 is 5.26. The summed E-state index contributed by atoms with van der Waals surface area (Å²) in [6, 6.07) is 9.63. The fourth-order valence-corrected chi connectivity index (χ4v) is 4.87. The third kappa shape index (κ3) is 2.85. The minimum atomic E-state index is -0.754. The average Bonchev–Trinajstić information content (AvgIpc) is 3.01. The van der Waals surface area contributed by atoms with Crippen LogP contribution >= 0.6 is 0 Å². The van der Waals surface area contributed by atoms with E-state index in [4.69, 9.17) is 4.74 Å². The van der Waals surface area contributed by atoms with Gasteiger partial charge < -0.3 is 14.9 Å². The maximum absolute atomic E-state index is 13.0. The first kappa shape index (κ1) is 18.4. The van der Waals surface area contributed by atoms with Crippen LogP contribution in [0.25, 0.3) is 0 Å². The van der Waals surface area contributed by atoms with E-state index in [1.54, 1.807) is 12.1 Å². The van der Waals surface area contributed by atoms with Crippen LogP contribution in [-0.4, -0.2) is 28.0 Å². The number of nitrogens with zero attached hydrogens (tertiary/aromatic N) is 1. The summed E-state index contributed by atoms with van der Waals surface area (Å²) in [4.78, 5) is 39.5. The quantitative estimate of drug-likeness (QED) is 0.352. The van der Waals surface area contributed by atoms with Gasteiger partial charge in [-0.3, -0.25) is 14.5 Å². The van der Waals surface area contributed by atoms with Crippen LogP contribution in [0, 0.1) is 23.7 Å². The van der Waals surface area contributed by atoms with Crippen molar-refractivity contribution >= 4 is 23.5 Å². The van der Waals surface area contributed by atoms with Gasteiger partial charge in [0.15, 0.2) is 0 Å². The molecule has 152 valence electrons. The molecule has 2 fully saturated rings. The Morgan fingerprint density at radius 1 is 0.867 bits per heavy atom. The molecule has 30 heavy (non-hydrogen) atoms. The van der Waals surface area contributed by atoms with E-state index in [0.717, 1.165) is 18.9 Å². The summed E-state index contributed by atoms with van der Waals surface area (Å²) in [6.45, 7) is 0. The number of hydrogen-bond donors (Lipinski definition) is 2. The van der Waals surface area contributed by atoms with Crippen LogP contribution in [0.5, 0.6) is 17.2 Å². The van der Waals surface area contributed by atoms with E-state index < -0.39 is 5.97 Å². The molecule has 2 aromatic rings. The second-order valence-corrected chi connectivity index (χ2v) is 7.97. The molecule has 2 bridgehead atoms. The second-order valence-electron chi connectivity index (χ2n) is 7.97. The highest BCUT2D eigenvalue weighted by atomic mass is 16.5. The van der Waals surface area contributed by atoms with Crippen molar-refractivity contribution in [3.8, 4) is 17.2 Å². The van der Waals surface area contributed by atoms with E-state index in [0.29, 0.717) is 5.69 Å². The summed E-state index contributed by atoms with van der Waals surface area (Å²) in [5.74, 6) is -1.69. The van der Waals surface area contributed by atoms with Crippen molar-refractivity contribution in [3.63, 3.8) is 0 Å². The van der Waals surface area contributed by atoms with Crippen molar-refractivity contribution in [1.29, 1.82) is 0 Å². The number of rotatable bonds is 3. The van der Waals surface area contributed by atoms with Crippen molar-refractivity contribution in [3.05, 3.63) is 60.2 Å². The molecule has 3 aliphatic carbocycles. The predicted molar refractivity (Wildman–Crippen MR) is 106 cm³/mol. The Balaban J connectivity index is 1.35. The van der Waals surface area contributed by atoms with Gasteiger partial charge in [0.05, 0.1) is 23.1 Å². The third-order valence-electron chi connectivity index (χ3n) is 6.20. The maximum Gasteiger partial charge on any atom is 0.343 e. The number of imide groups is 1. The van der Waals surface area contributed by atoms with Crippen molar-refractivity contribution < 1.29 is 29.3 Å². The number of ether oxygens (including phenoxy) is 1. The molecule has 2 N–H and O–H groups in total. The van der Waals surface area contributed by atoms with Crippen molar-refractivity contribution in [2.75, 3.05) is 4.90 Å². The molecule has 2 aromatic carbocycles. The number of carbonyl (C=O) groups excluding carboxylic acids is 3. The fraction of sp³-hybridized carbons (Fsp3) is 0.261. The largest absolute Gasteiger partial charge is 0.508 e. The summed E-state index contributed by atoms with van der Waals surface area (Å²) in [7, 11) is 0. The van der Waals surface area contributed by atoms with E-state index in [2.05, 4.69) is 12.2 Å². The van der Waals surface area contributed by atoms with Crippen LogP contribution in [-0.2, 0) is 9.59 Å². The zero-order chi connectivity index (χ0) is 21.0. The van der Waals surface area contributed by atoms with Gasteiger partial charge in [0.2, 0.25) is 11.8 Å². The Morgan fingerprint density at radius 2 is 1.40 bits per heavy atom. The highest BCUT2D eigenvalue weighted by molar-refractivity contribution is 6.22. The normalized spacial score (nSPS) is 26.7. The molecule has 7 nitrogen and oxygen atoms in total. The summed E-state index contributed by atoms with van der Waals surface area (Å²) in [5.41, 5.74) is 0.446. The lowest BCUT2D eigenvalue weighted by Crippen LogP contribution is -2.38. The molecule has 4 atom stereocenters. The van der Waals surface area contributed by atoms with Crippen LogP contribution in [0.15, 0.2) is 54.6 Å². The number of esters is 1. The Hall–Kier alpha value is -3.61. The van der Waals surface area contributed by atoms with Crippen LogP contribution in [0.1, 0.15) is 23.2 Å². The van der Waals surface area contributed by atoms with Crippen LogP contribution in [0.3, 0.4) is 0 Å². The van der Waals surface area contributed by atoms with E-state index in [1.807, 2.05) is 0 Å². The summed E-state index contributed by atoms with van der Waals surface area (Å²) in [6.07, 6.45) is 6.03. The average molecular weight is 405 g/mol. The van der Waals surface area contributed by atoms with Gasteiger partial charge in [-0.05, 0) is 61.1 Å². The van der Waals surface area contributed by atoms with E-state index in [9.17, 15) is 24.6 Å². The lowest BCUT2D eigenvalue weighted by molar-refractivity contribution is -0.124. The SMILES string of the molecule is O=C(Oc1ccc(N2C(=O)C3C4C=CC(CC4)C3C2=O)cc1)c1cc(O)cc(O)c1. The zero-order valence-corrected chi connectivity index (χ0v) is 15.9. The Bertz CT molecular complexity index is 1040. The van der Waals surface area contributed by atoms with Gasteiger partial charge in [0.1, 0.15) is 17.2 Å². The van der Waals surface area contributed by atoms with Gasteiger partial charge in [0, 0.05) is 6.07 Å². The molecule has 1 saturated carbocycles. The van der Waals surface area contributed by atoms with Crippen molar-refractivity contribution in [2.24, 2.45) is 23.7 Å². The molecule has 1 heterocycles. The first-order chi connectivity index (χ1) is 14.4. The lowest BCUT2D eigenvalue weighted by Gasteiger charge is -2.38. The zero-order valence-electron chi connectivity index (χ0n) is 15.9. The molecule has 0 radical (unpaired) electrons. The molecule has 2 amide bonds. The first-order valence-electron chi connectivity index (χ1n) is 9.84. The minimum Gasteiger partial charge on any atom is -0.508 e. The minimum absolute atomic E-state index is 0.00599. The number of benzene rings is 2. The molecular weight excluding hydrogens is 386 g/mol.